The Bertz CT molecular complexity index is 341. The van der Waals surface area contributed by atoms with E-state index >= 15 is 0 Å². The van der Waals surface area contributed by atoms with Crippen LogP contribution < -0.4 is 10.6 Å². The Morgan fingerprint density at radius 3 is 2.35 bits per heavy atom. The summed E-state index contributed by atoms with van der Waals surface area (Å²) in [6.45, 7) is 8.25. The van der Waals surface area contributed by atoms with Gasteiger partial charge < -0.3 is 10.6 Å². The first kappa shape index (κ1) is 19.0. The summed E-state index contributed by atoms with van der Waals surface area (Å²) in [5.74, 6) is 0. The first-order valence-corrected chi connectivity index (χ1v) is 8.07. The molecule has 120 valence electrons. The van der Waals surface area contributed by atoms with Gasteiger partial charge in [-0.15, -0.1) is 0 Å². The summed E-state index contributed by atoms with van der Waals surface area (Å²) in [7, 11) is 4.06. The van der Waals surface area contributed by atoms with Gasteiger partial charge in [0.05, 0.1) is 11.9 Å². The van der Waals surface area contributed by atoms with Gasteiger partial charge in [0.25, 0.3) is 0 Å². The molecule has 2 N–H and O–H groups in total. The van der Waals surface area contributed by atoms with Crippen LogP contribution in [0.4, 0.5) is 5.69 Å². The second-order valence-corrected chi connectivity index (χ2v) is 5.21. The van der Waals surface area contributed by atoms with E-state index in [1.54, 1.807) is 0 Å². The third-order valence-electron chi connectivity index (χ3n) is 3.38. The largest absolute Gasteiger partial charge is 0.368 e. The molecule has 0 unspecified atom stereocenters. The number of likely N-dealkylation sites (N-methyl/N-ethyl adjacent to an activating group) is 1. The highest BCUT2D eigenvalue weighted by molar-refractivity contribution is 5.43. The Morgan fingerprint density at radius 2 is 1.90 bits per heavy atom. The van der Waals surface area contributed by atoms with E-state index in [2.05, 4.69) is 30.9 Å². The number of aryl methyl sites for hydroxylation is 1. The van der Waals surface area contributed by atoms with Crippen LogP contribution in [0.5, 0.6) is 0 Å². The van der Waals surface area contributed by atoms with E-state index in [4.69, 9.17) is 5.73 Å². The monoisotopic (exact) mass is 284 g/mol. The topological polar surface area (TPSA) is 47.1 Å². The number of nitrogens with two attached hydrogens (primary N) is 1. The van der Waals surface area contributed by atoms with Gasteiger partial charge in [-0.1, -0.05) is 47.0 Å². The summed E-state index contributed by atoms with van der Waals surface area (Å²) in [5.41, 5.74) is 7.32. The van der Waals surface area contributed by atoms with Crippen molar-refractivity contribution in [3.05, 3.63) is 12.4 Å². The zero-order chi connectivity index (χ0) is 15.5. The molecule has 4 heteroatoms. The summed E-state index contributed by atoms with van der Waals surface area (Å²) in [4.78, 5) is 2.27. The Hall–Kier alpha value is -1.03. The van der Waals surface area contributed by atoms with Crippen LogP contribution in [-0.4, -0.2) is 28.9 Å². The molecule has 1 aromatic heterocycles. The minimum atomic E-state index is 0. The standard InChI is InChI=1S/C11H20N4.C3H8.C2H6.H2/c1-14-8-9(7-13-14)15(2)11-6-4-3-5-10(11)12;1-3-2;1-2;/h7-8,10-11H,3-6,12H2,1-2H3;3H2,1-2H3;1-2H3;1H/t10-,11-;;;/m0.../s1. The fraction of sp³-hybridized carbons (Fsp3) is 0.812. The number of aromatic nitrogens is 2. The van der Waals surface area contributed by atoms with E-state index in [9.17, 15) is 0 Å². The Balaban J connectivity index is 0. The Morgan fingerprint density at radius 1 is 1.35 bits per heavy atom. The third-order valence-corrected chi connectivity index (χ3v) is 3.38. The van der Waals surface area contributed by atoms with Crippen molar-refractivity contribution in [3.8, 4) is 0 Å². The van der Waals surface area contributed by atoms with Gasteiger partial charge in [-0.2, -0.15) is 5.10 Å². The lowest BCUT2D eigenvalue weighted by Crippen LogP contribution is -2.48. The average Bonchev–Trinajstić information content (AvgIpc) is 2.88. The van der Waals surface area contributed by atoms with Gasteiger partial charge in [0.15, 0.2) is 0 Å². The molecule has 1 aliphatic rings. The van der Waals surface area contributed by atoms with Gasteiger partial charge in [0.1, 0.15) is 0 Å². The van der Waals surface area contributed by atoms with E-state index in [-0.39, 0.29) is 1.43 Å². The number of rotatable bonds is 2. The Kier molecular flexibility index (Phi) is 10.2. The predicted octanol–water partition coefficient (Wildman–Crippen LogP) is 3.81. The normalized spacial score (nSPS) is 21.1. The van der Waals surface area contributed by atoms with E-state index in [1.165, 1.54) is 31.4 Å². The maximum Gasteiger partial charge on any atom is 0.0752 e. The van der Waals surface area contributed by atoms with Crippen LogP contribution in [0.3, 0.4) is 0 Å². The van der Waals surface area contributed by atoms with Gasteiger partial charge in [0, 0.05) is 33.8 Å². The molecule has 0 bridgehead atoms. The fourth-order valence-electron chi connectivity index (χ4n) is 2.40. The third kappa shape index (κ3) is 5.95. The zero-order valence-electron chi connectivity index (χ0n) is 14.3. The van der Waals surface area contributed by atoms with Crippen molar-refractivity contribution in [2.75, 3.05) is 11.9 Å². The first-order valence-electron chi connectivity index (χ1n) is 8.07. The maximum absolute atomic E-state index is 6.16. The quantitative estimate of drug-likeness (QED) is 0.898. The first-order chi connectivity index (χ1) is 9.60. The summed E-state index contributed by atoms with van der Waals surface area (Å²) < 4.78 is 1.83. The number of anilines is 1. The van der Waals surface area contributed by atoms with E-state index in [0.717, 1.165) is 6.42 Å². The van der Waals surface area contributed by atoms with Crippen molar-refractivity contribution in [1.82, 2.24) is 9.78 Å². The molecule has 20 heavy (non-hydrogen) atoms. The smallest absolute Gasteiger partial charge is 0.0752 e. The molecule has 1 aliphatic carbocycles. The van der Waals surface area contributed by atoms with Gasteiger partial charge >= 0.3 is 0 Å². The molecule has 0 radical (unpaired) electrons. The lowest BCUT2D eigenvalue weighted by atomic mass is 9.90. The lowest BCUT2D eigenvalue weighted by molar-refractivity contribution is 0.373. The molecule has 0 amide bonds. The van der Waals surface area contributed by atoms with E-state index in [1.807, 2.05) is 38.0 Å². The van der Waals surface area contributed by atoms with Crippen LogP contribution >= 0.6 is 0 Å². The predicted molar refractivity (Wildman–Crippen MR) is 91.3 cm³/mol. The minimum absolute atomic E-state index is 0. The molecule has 0 aliphatic heterocycles. The molecule has 0 saturated heterocycles. The molecule has 1 aromatic rings. The molecule has 0 aromatic carbocycles. The number of hydrogen-bond donors (Lipinski definition) is 1. The highest BCUT2D eigenvalue weighted by Gasteiger charge is 2.25. The highest BCUT2D eigenvalue weighted by Crippen LogP contribution is 2.24. The van der Waals surface area contributed by atoms with Crippen molar-refractivity contribution in [3.63, 3.8) is 0 Å². The average molecular weight is 284 g/mol. The van der Waals surface area contributed by atoms with Crippen LogP contribution in [0.2, 0.25) is 0 Å². The lowest BCUT2D eigenvalue weighted by Gasteiger charge is -2.36. The van der Waals surface area contributed by atoms with Crippen molar-refractivity contribution < 1.29 is 1.43 Å². The molecular formula is C16H36N4. The van der Waals surface area contributed by atoms with Crippen molar-refractivity contribution in [2.45, 2.75) is 71.9 Å². The van der Waals surface area contributed by atoms with Crippen LogP contribution in [0.1, 0.15) is 61.2 Å². The Labute approximate surface area is 126 Å². The highest BCUT2D eigenvalue weighted by atomic mass is 15.3. The molecule has 2 atom stereocenters. The van der Waals surface area contributed by atoms with Crippen molar-refractivity contribution in [1.29, 1.82) is 0 Å². The van der Waals surface area contributed by atoms with Gasteiger partial charge in [-0.3, -0.25) is 4.68 Å². The van der Waals surface area contributed by atoms with Crippen LogP contribution in [0.15, 0.2) is 12.4 Å². The van der Waals surface area contributed by atoms with Crippen LogP contribution in [-0.2, 0) is 7.05 Å². The van der Waals surface area contributed by atoms with E-state index in [0.29, 0.717) is 12.1 Å². The zero-order valence-corrected chi connectivity index (χ0v) is 14.3. The molecule has 1 saturated carbocycles. The summed E-state index contributed by atoms with van der Waals surface area (Å²) >= 11 is 0. The maximum atomic E-state index is 6.16. The number of nitrogens with zero attached hydrogens (tertiary/aromatic N) is 3. The molecule has 0 spiro atoms. The fourth-order valence-corrected chi connectivity index (χ4v) is 2.40. The molecule has 1 heterocycles. The molecule has 4 nitrogen and oxygen atoms in total. The van der Waals surface area contributed by atoms with E-state index < -0.39 is 0 Å². The minimum Gasteiger partial charge on any atom is -0.368 e. The summed E-state index contributed by atoms with van der Waals surface area (Å²) in [6, 6.07) is 0.784. The van der Waals surface area contributed by atoms with Crippen LogP contribution in [0, 0.1) is 0 Å². The molecule has 1 fully saturated rings. The number of hydrogen-bond acceptors (Lipinski definition) is 3. The molecular weight excluding hydrogens is 248 g/mol. The van der Waals surface area contributed by atoms with Gasteiger partial charge in [0.2, 0.25) is 0 Å². The second-order valence-electron chi connectivity index (χ2n) is 5.21. The van der Waals surface area contributed by atoms with Crippen molar-refractivity contribution in [2.24, 2.45) is 12.8 Å². The van der Waals surface area contributed by atoms with Crippen molar-refractivity contribution >= 4 is 5.69 Å². The van der Waals surface area contributed by atoms with Gasteiger partial charge in [-0.25, -0.2) is 0 Å². The SMILES string of the molecule is CC.CCC.CN(c1cnn(C)c1)[C@H]1CCCC[C@@H]1N.[HH]. The second kappa shape index (κ2) is 10.7. The van der Waals surface area contributed by atoms with Crippen LogP contribution in [0.25, 0.3) is 0 Å². The summed E-state index contributed by atoms with van der Waals surface area (Å²) in [6.07, 6.45) is 10.1. The van der Waals surface area contributed by atoms with Gasteiger partial charge in [-0.05, 0) is 12.8 Å². The molecule has 2 rings (SSSR count). The summed E-state index contributed by atoms with van der Waals surface area (Å²) in [5, 5.41) is 4.19.